The normalized spacial score (nSPS) is 11.0. The molecule has 1 rings (SSSR count). The van der Waals surface area contributed by atoms with E-state index in [1.165, 1.54) is 4.68 Å². The van der Waals surface area contributed by atoms with Crippen molar-refractivity contribution in [1.29, 1.82) is 0 Å². The fraction of sp³-hybridized carbons (Fsp3) is 0.375. The SMILES string of the molecule is Cc1nc(C(=O)O)nn1C/C=C\CO. The second kappa shape index (κ2) is 4.52. The molecule has 14 heavy (non-hydrogen) atoms. The van der Waals surface area contributed by atoms with E-state index in [9.17, 15) is 4.79 Å². The summed E-state index contributed by atoms with van der Waals surface area (Å²) in [6.07, 6.45) is 3.24. The largest absolute Gasteiger partial charge is 0.475 e. The van der Waals surface area contributed by atoms with Crippen LogP contribution in [0.3, 0.4) is 0 Å². The quantitative estimate of drug-likeness (QED) is 0.654. The van der Waals surface area contributed by atoms with E-state index in [4.69, 9.17) is 10.2 Å². The van der Waals surface area contributed by atoms with E-state index >= 15 is 0 Å². The van der Waals surface area contributed by atoms with Gasteiger partial charge in [0.2, 0.25) is 0 Å². The number of hydrogen-bond donors (Lipinski definition) is 2. The summed E-state index contributed by atoms with van der Waals surface area (Å²) < 4.78 is 1.45. The van der Waals surface area contributed by atoms with Crippen LogP contribution in [0.1, 0.15) is 16.4 Å². The van der Waals surface area contributed by atoms with Gasteiger partial charge < -0.3 is 10.2 Å². The van der Waals surface area contributed by atoms with Gasteiger partial charge in [-0.2, -0.15) is 0 Å². The first-order chi connectivity index (χ1) is 6.65. The van der Waals surface area contributed by atoms with Gasteiger partial charge in [0.1, 0.15) is 5.82 Å². The zero-order chi connectivity index (χ0) is 10.6. The van der Waals surface area contributed by atoms with Crippen LogP contribution in [0.2, 0.25) is 0 Å². The highest BCUT2D eigenvalue weighted by molar-refractivity contribution is 5.82. The number of aliphatic hydroxyl groups is 1. The Morgan fingerprint density at radius 3 is 2.79 bits per heavy atom. The highest BCUT2D eigenvalue weighted by Crippen LogP contribution is 1.97. The van der Waals surface area contributed by atoms with E-state index < -0.39 is 5.97 Å². The van der Waals surface area contributed by atoms with Crippen LogP contribution in [-0.2, 0) is 6.54 Å². The maximum Gasteiger partial charge on any atom is 0.375 e. The number of carboxylic acids is 1. The molecule has 0 bridgehead atoms. The Labute approximate surface area is 80.5 Å². The van der Waals surface area contributed by atoms with Gasteiger partial charge in [-0.25, -0.2) is 14.5 Å². The van der Waals surface area contributed by atoms with Crippen molar-refractivity contribution in [3.63, 3.8) is 0 Å². The minimum absolute atomic E-state index is 0.0421. The number of aromatic carboxylic acids is 1. The summed E-state index contributed by atoms with van der Waals surface area (Å²) in [6, 6.07) is 0. The van der Waals surface area contributed by atoms with Crippen LogP contribution >= 0.6 is 0 Å². The van der Waals surface area contributed by atoms with Gasteiger partial charge in [0.25, 0.3) is 5.82 Å². The molecule has 1 heterocycles. The fourth-order valence-electron chi connectivity index (χ4n) is 0.932. The first-order valence-corrected chi connectivity index (χ1v) is 4.05. The number of hydrogen-bond acceptors (Lipinski definition) is 4. The number of nitrogens with zero attached hydrogens (tertiary/aromatic N) is 3. The zero-order valence-corrected chi connectivity index (χ0v) is 7.71. The van der Waals surface area contributed by atoms with E-state index in [1.54, 1.807) is 19.1 Å². The summed E-state index contributed by atoms with van der Waals surface area (Å²) >= 11 is 0. The molecule has 0 saturated heterocycles. The van der Waals surface area contributed by atoms with E-state index in [2.05, 4.69) is 10.1 Å². The Balaban J connectivity index is 2.77. The minimum atomic E-state index is -1.14. The van der Waals surface area contributed by atoms with Crippen molar-refractivity contribution in [1.82, 2.24) is 14.8 Å². The molecular formula is C8H11N3O3. The highest BCUT2D eigenvalue weighted by Gasteiger charge is 2.11. The zero-order valence-electron chi connectivity index (χ0n) is 7.71. The maximum absolute atomic E-state index is 10.5. The molecule has 0 atom stereocenters. The van der Waals surface area contributed by atoms with Crippen molar-refractivity contribution in [3.05, 3.63) is 23.8 Å². The number of allylic oxidation sites excluding steroid dienone is 1. The highest BCUT2D eigenvalue weighted by atomic mass is 16.4. The average molecular weight is 197 g/mol. The first kappa shape index (κ1) is 10.4. The van der Waals surface area contributed by atoms with Crippen molar-refractivity contribution < 1.29 is 15.0 Å². The Morgan fingerprint density at radius 1 is 1.57 bits per heavy atom. The van der Waals surface area contributed by atoms with Gasteiger partial charge in [0, 0.05) is 0 Å². The van der Waals surface area contributed by atoms with Gasteiger partial charge in [-0.3, -0.25) is 0 Å². The molecule has 0 aromatic carbocycles. The van der Waals surface area contributed by atoms with Gasteiger partial charge in [-0.15, -0.1) is 5.10 Å². The number of rotatable bonds is 4. The van der Waals surface area contributed by atoms with Gasteiger partial charge in [-0.05, 0) is 6.92 Å². The summed E-state index contributed by atoms with van der Waals surface area (Å²) in [7, 11) is 0. The molecule has 0 fully saturated rings. The Hall–Kier alpha value is -1.69. The average Bonchev–Trinajstić information content (AvgIpc) is 2.49. The summed E-state index contributed by atoms with van der Waals surface area (Å²) in [6.45, 7) is 2.04. The molecule has 6 heteroatoms. The van der Waals surface area contributed by atoms with Crippen LogP contribution in [-0.4, -0.2) is 37.6 Å². The molecule has 0 unspecified atom stereocenters. The number of carbonyl (C=O) groups is 1. The first-order valence-electron chi connectivity index (χ1n) is 4.05. The maximum atomic E-state index is 10.5. The molecule has 2 N–H and O–H groups in total. The monoisotopic (exact) mass is 197 g/mol. The number of aryl methyl sites for hydroxylation is 1. The van der Waals surface area contributed by atoms with Crippen LogP contribution in [0.5, 0.6) is 0 Å². The molecule has 0 amide bonds. The molecule has 0 aliphatic carbocycles. The molecule has 76 valence electrons. The summed E-state index contributed by atoms with van der Waals surface area (Å²) in [5.74, 6) is -0.817. The summed E-state index contributed by atoms with van der Waals surface area (Å²) in [4.78, 5) is 14.2. The fourth-order valence-corrected chi connectivity index (χ4v) is 0.932. The van der Waals surface area contributed by atoms with Crippen molar-refractivity contribution in [2.24, 2.45) is 0 Å². The predicted octanol–water partition coefficient (Wildman–Crippen LogP) is -0.167. The number of aliphatic hydroxyl groups excluding tert-OH is 1. The number of aromatic nitrogens is 3. The van der Waals surface area contributed by atoms with Crippen LogP contribution in [0.4, 0.5) is 0 Å². The third-order valence-electron chi connectivity index (χ3n) is 1.60. The van der Waals surface area contributed by atoms with Crippen LogP contribution in [0.15, 0.2) is 12.2 Å². The molecule has 0 aliphatic rings. The lowest BCUT2D eigenvalue weighted by Crippen LogP contribution is -2.03. The van der Waals surface area contributed by atoms with E-state index in [1.807, 2.05) is 0 Å². The van der Waals surface area contributed by atoms with Crippen molar-refractivity contribution in [3.8, 4) is 0 Å². The molecule has 0 saturated carbocycles. The second-order valence-electron chi connectivity index (χ2n) is 2.62. The molecule has 0 radical (unpaired) electrons. The van der Waals surface area contributed by atoms with Crippen LogP contribution in [0.25, 0.3) is 0 Å². The molecule has 0 aliphatic heterocycles. The lowest BCUT2D eigenvalue weighted by atomic mass is 10.5. The lowest BCUT2D eigenvalue weighted by molar-refractivity contribution is 0.0683. The van der Waals surface area contributed by atoms with E-state index in [-0.39, 0.29) is 12.4 Å². The molecule has 0 spiro atoms. The molecule has 6 nitrogen and oxygen atoms in total. The smallest absolute Gasteiger partial charge is 0.375 e. The summed E-state index contributed by atoms with van der Waals surface area (Å²) in [5, 5.41) is 20.8. The minimum Gasteiger partial charge on any atom is -0.475 e. The Kier molecular flexibility index (Phi) is 3.35. The summed E-state index contributed by atoms with van der Waals surface area (Å²) in [5.41, 5.74) is 0. The Morgan fingerprint density at radius 2 is 2.29 bits per heavy atom. The molecule has 1 aromatic rings. The second-order valence-corrected chi connectivity index (χ2v) is 2.62. The Bertz CT molecular complexity index is 357. The topological polar surface area (TPSA) is 88.2 Å². The standard InChI is InChI=1S/C8H11N3O3/c1-6-9-7(8(13)14)10-11(6)4-2-3-5-12/h2-3,12H,4-5H2,1H3,(H,13,14)/b3-2-. The number of carboxylic acid groups (broad SMARTS) is 1. The van der Waals surface area contributed by atoms with Crippen molar-refractivity contribution in [2.75, 3.05) is 6.61 Å². The third kappa shape index (κ3) is 2.40. The van der Waals surface area contributed by atoms with Crippen LogP contribution < -0.4 is 0 Å². The van der Waals surface area contributed by atoms with Gasteiger partial charge in [-0.1, -0.05) is 12.2 Å². The van der Waals surface area contributed by atoms with Crippen LogP contribution in [0, 0.1) is 6.92 Å². The van der Waals surface area contributed by atoms with Gasteiger partial charge >= 0.3 is 5.97 Å². The van der Waals surface area contributed by atoms with E-state index in [0.29, 0.717) is 12.4 Å². The van der Waals surface area contributed by atoms with Gasteiger partial charge in [0.15, 0.2) is 0 Å². The molecular weight excluding hydrogens is 186 g/mol. The lowest BCUT2D eigenvalue weighted by Gasteiger charge is -1.95. The van der Waals surface area contributed by atoms with Crippen molar-refractivity contribution >= 4 is 5.97 Å². The third-order valence-corrected chi connectivity index (χ3v) is 1.60. The molecule has 1 aromatic heterocycles. The van der Waals surface area contributed by atoms with E-state index in [0.717, 1.165) is 0 Å². The van der Waals surface area contributed by atoms with Crippen molar-refractivity contribution in [2.45, 2.75) is 13.5 Å². The predicted molar refractivity (Wildman–Crippen MR) is 47.9 cm³/mol. The van der Waals surface area contributed by atoms with Gasteiger partial charge in [0.05, 0.1) is 13.2 Å².